The summed E-state index contributed by atoms with van der Waals surface area (Å²) in [5, 5.41) is 19.2. The summed E-state index contributed by atoms with van der Waals surface area (Å²) >= 11 is 0. The first kappa shape index (κ1) is 15.2. The van der Waals surface area contributed by atoms with Crippen LogP contribution in [-0.2, 0) is 0 Å². The van der Waals surface area contributed by atoms with Gasteiger partial charge < -0.3 is 20.0 Å². The van der Waals surface area contributed by atoms with Gasteiger partial charge in [-0.25, -0.2) is 0 Å². The molecule has 4 nitrogen and oxygen atoms in total. The van der Waals surface area contributed by atoms with E-state index in [-0.39, 0.29) is 12.2 Å². The van der Waals surface area contributed by atoms with Crippen LogP contribution in [0.3, 0.4) is 0 Å². The summed E-state index contributed by atoms with van der Waals surface area (Å²) in [6.07, 6.45) is 3.18. The monoisotopic (exact) mass is 270 g/mol. The summed E-state index contributed by atoms with van der Waals surface area (Å²) in [5.74, 6) is 0.956. The molecule has 0 spiro atoms. The Morgan fingerprint density at radius 1 is 0.895 bits per heavy atom. The van der Waals surface area contributed by atoms with Gasteiger partial charge in [-0.1, -0.05) is 0 Å². The summed E-state index contributed by atoms with van der Waals surface area (Å²) in [5.41, 5.74) is 0. The molecule has 2 heterocycles. The van der Waals surface area contributed by atoms with Crippen molar-refractivity contribution in [3.63, 3.8) is 0 Å². The lowest BCUT2D eigenvalue weighted by molar-refractivity contribution is 0.125. The van der Waals surface area contributed by atoms with E-state index in [1.54, 1.807) is 0 Å². The summed E-state index contributed by atoms with van der Waals surface area (Å²) in [4.78, 5) is 4.97. The third-order valence-corrected chi connectivity index (χ3v) is 4.93. The van der Waals surface area contributed by atoms with Gasteiger partial charge in [0.2, 0.25) is 0 Å². The largest absolute Gasteiger partial charge is 0.393 e. The van der Waals surface area contributed by atoms with Gasteiger partial charge in [-0.05, 0) is 71.1 Å². The fourth-order valence-corrected chi connectivity index (χ4v) is 3.44. The SMILES string of the molecule is CC(O)C1CCN(CCCN2CCC(C(C)O)C2)C1. The smallest absolute Gasteiger partial charge is 0.0552 e. The van der Waals surface area contributed by atoms with Crippen LogP contribution >= 0.6 is 0 Å². The van der Waals surface area contributed by atoms with E-state index in [4.69, 9.17) is 0 Å². The first-order chi connectivity index (χ1) is 9.06. The van der Waals surface area contributed by atoms with E-state index >= 15 is 0 Å². The zero-order valence-corrected chi connectivity index (χ0v) is 12.5. The van der Waals surface area contributed by atoms with Crippen molar-refractivity contribution in [2.24, 2.45) is 11.8 Å². The zero-order valence-electron chi connectivity index (χ0n) is 12.5. The standard InChI is InChI=1S/C15H30N2O2/c1-12(18)14-4-8-16(10-14)6-3-7-17-9-5-15(11-17)13(2)19/h12-15,18-19H,3-11H2,1-2H3. The lowest BCUT2D eigenvalue weighted by Crippen LogP contribution is -2.29. The lowest BCUT2D eigenvalue weighted by Gasteiger charge is -2.20. The van der Waals surface area contributed by atoms with Crippen LogP contribution in [0.15, 0.2) is 0 Å². The quantitative estimate of drug-likeness (QED) is 0.749. The van der Waals surface area contributed by atoms with E-state index < -0.39 is 0 Å². The first-order valence-corrected chi connectivity index (χ1v) is 7.87. The molecule has 0 aliphatic carbocycles. The molecular formula is C15H30N2O2. The first-order valence-electron chi connectivity index (χ1n) is 7.87. The predicted octanol–water partition coefficient (Wildman–Crippen LogP) is 0.782. The normalized spacial score (nSPS) is 32.8. The number of nitrogens with zero attached hydrogens (tertiary/aromatic N) is 2. The van der Waals surface area contributed by atoms with Crippen molar-refractivity contribution in [1.29, 1.82) is 0 Å². The molecule has 112 valence electrons. The maximum absolute atomic E-state index is 9.59. The minimum atomic E-state index is -0.157. The Bertz CT molecular complexity index is 245. The van der Waals surface area contributed by atoms with E-state index in [0.717, 1.165) is 52.1 Å². The summed E-state index contributed by atoms with van der Waals surface area (Å²) in [7, 11) is 0. The lowest BCUT2D eigenvalue weighted by atomic mass is 10.0. The van der Waals surface area contributed by atoms with Crippen molar-refractivity contribution in [1.82, 2.24) is 9.80 Å². The van der Waals surface area contributed by atoms with Crippen molar-refractivity contribution < 1.29 is 10.2 Å². The Morgan fingerprint density at radius 2 is 1.32 bits per heavy atom. The summed E-state index contributed by atoms with van der Waals surface area (Å²) in [6.45, 7) is 10.5. The van der Waals surface area contributed by atoms with Gasteiger partial charge in [-0.2, -0.15) is 0 Å². The number of hydrogen-bond donors (Lipinski definition) is 2. The molecule has 0 radical (unpaired) electrons. The molecule has 0 amide bonds. The molecule has 4 atom stereocenters. The molecule has 4 heteroatoms. The van der Waals surface area contributed by atoms with Crippen molar-refractivity contribution in [2.45, 2.75) is 45.3 Å². The minimum absolute atomic E-state index is 0.157. The Hall–Kier alpha value is -0.160. The van der Waals surface area contributed by atoms with Gasteiger partial charge >= 0.3 is 0 Å². The Morgan fingerprint density at radius 3 is 1.63 bits per heavy atom. The van der Waals surface area contributed by atoms with Crippen LogP contribution in [0.1, 0.15) is 33.1 Å². The molecule has 0 bridgehead atoms. The molecule has 2 aliphatic heterocycles. The Balaban J connectivity index is 1.58. The average Bonchev–Trinajstić information content (AvgIpc) is 2.97. The molecule has 2 saturated heterocycles. The van der Waals surface area contributed by atoms with Crippen molar-refractivity contribution in [3.05, 3.63) is 0 Å². The summed E-state index contributed by atoms with van der Waals surface area (Å²) < 4.78 is 0. The highest BCUT2D eigenvalue weighted by Gasteiger charge is 2.27. The van der Waals surface area contributed by atoms with Crippen LogP contribution in [-0.4, -0.2) is 71.5 Å². The minimum Gasteiger partial charge on any atom is -0.393 e. The van der Waals surface area contributed by atoms with Crippen molar-refractivity contribution in [3.8, 4) is 0 Å². The number of aliphatic hydroxyl groups excluding tert-OH is 2. The van der Waals surface area contributed by atoms with Gasteiger partial charge in [0.05, 0.1) is 12.2 Å². The second-order valence-electron chi connectivity index (χ2n) is 6.53. The van der Waals surface area contributed by atoms with Gasteiger partial charge in [-0.15, -0.1) is 0 Å². The van der Waals surface area contributed by atoms with Gasteiger partial charge in [0.25, 0.3) is 0 Å². The Kier molecular flexibility index (Phi) is 5.63. The van der Waals surface area contributed by atoms with Crippen molar-refractivity contribution in [2.75, 3.05) is 39.3 Å². The molecular weight excluding hydrogens is 240 g/mol. The number of aliphatic hydroxyl groups is 2. The average molecular weight is 270 g/mol. The van der Waals surface area contributed by atoms with Gasteiger partial charge in [-0.3, -0.25) is 0 Å². The highest BCUT2D eigenvalue weighted by Crippen LogP contribution is 2.21. The maximum atomic E-state index is 9.59. The van der Waals surface area contributed by atoms with Gasteiger partial charge in [0.1, 0.15) is 0 Å². The van der Waals surface area contributed by atoms with Crippen LogP contribution in [0.4, 0.5) is 0 Å². The molecule has 0 saturated carbocycles. The molecule has 2 aliphatic rings. The second kappa shape index (κ2) is 7.02. The molecule has 4 unspecified atom stereocenters. The van der Waals surface area contributed by atoms with Crippen LogP contribution in [0.25, 0.3) is 0 Å². The van der Waals surface area contributed by atoms with Crippen LogP contribution < -0.4 is 0 Å². The van der Waals surface area contributed by atoms with Crippen LogP contribution in [0.5, 0.6) is 0 Å². The zero-order chi connectivity index (χ0) is 13.8. The molecule has 2 fully saturated rings. The third kappa shape index (κ3) is 4.42. The van der Waals surface area contributed by atoms with Gasteiger partial charge in [0, 0.05) is 13.1 Å². The number of rotatable bonds is 6. The van der Waals surface area contributed by atoms with E-state index in [9.17, 15) is 10.2 Å². The van der Waals surface area contributed by atoms with Gasteiger partial charge in [0.15, 0.2) is 0 Å². The maximum Gasteiger partial charge on any atom is 0.0552 e. The van der Waals surface area contributed by atoms with Crippen LogP contribution in [0.2, 0.25) is 0 Å². The summed E-state index contributed by atoms with van der Waals surface area (Å²) in [6, 6.07) is 0. The molecule has 19 heavy (non-hydrogen) atoms. The van der Waals surface area contributed by atoms with E-state index in [0.29, 0.717) is 11.8 Å². The fraction of sp³-hybridized carbons (Fsp3) is 1.00. The molecule has 2 rings (SSSR count). The topological polar surface area (TPSA) is 46.9 Å². The number of likely N-dealkylation sites (tertiary alicyclic amines) is 2. The molecule has 0 aromatic heterocycles. The molecule has 2 N–H and O–H groups in total. The van der Waals surface area contributed by atoms with Crippen molar-refractivity contribution >= 4 is 0 Å². The molecule has 0 aromatic rings. The number of hydrogen-bond acceptors (Lipinski definition) is 4. The fourth-order valence-electron chi connectivity index (χ4n) is 3.44. The highest BCUT2D eigenvalue weighted by molar-refractivity contribution is 4.81. The Labute approximate surface area is 117 Å². The second-order valence-corrected chi connectivity index (χ2v) is 6.53. The van der Waals surface area contributed by atoms with E-state index in [2.05, 4.69) is 9.80 Å². The predicted molar refractivity (Wildman–Crippen MR) is 77.1 cm³/mol. The highest BCUT2D eigenvalue weighted by atomic mass is 16.3. The van der Waals surface area contributed by atoms with E-state index in [1.807, 2.05) is 13.8 Å². The third-order valence-electron chi connectivity index (χ3n) is 4.93. The molecule has 0 aromatic carbocycles. The van der Waals surface area contributed by atoms with E-state index in [1.165, 1.54) is 6.42 Å². The van der Waals surface area contributed by atoms with Crippen LogP contribution in [0, 0.1) is 11.8 Å².